The van der Waals surface area contributed by atoms with Crippen LogP contribution in [-0.2, 0) is 71.2 Å². The number of carbonyl (C=O) groups is 5. The van der Waals surface area contributed by atoms with E-state index in [1.54, 1.807) is 19.1 Å². The maximum absolute atomic E-state index is 14.5. The van der Waals surface area contributed by atoms with Gasteiger partial charge in [-0.05, 0) is 129 Å². The van der Waals surface area contributed by atoms with E-state index in [2.05, 4.69) is 13.0 Å². The highest BCUT2D eigenvalue weighted by Gasteiger charge is 2.71. The molecular weight excluding hydrogens is 1220 g/mol. The number of esters is 4. The quantitative estimate of drug-likeness (QED) is 0.0535. The van der Waals surface area contributed by atoms with Crippen LogP contribution in [-0.4, -0.2) is 222 Å². The predicted molar refractivity (Wildman–Crippen MR) is 320 cm³/mol. The molecule has 4 aliphatic heterocycles. The summed E-state index contributed by atoms with van der Waals surface area (Å²) >= 11 is 0. The van der Waals surface area contributed by atoms with Crippen LogP contribution in [0, 0.1) is 40.4 Å². The Balaban J connectivity index is 0.870. The lowest BCUT2D eigenvalue weighted by molar-refractivity contribution is -0.345. The zero-order chi connectivity index (χ0) is 67.0. The molecule has 8 aliphatic rings. The van der Waals surface area contributed by atoms with E-state index in [4.69, 9.17) is 66.3 Å². The Labute approximate surface area is 540 Å². The van der Waals surface area contributed by atoms with Crippen molar-refractivity contribution >= 4 is 29.7 Å². The van der Waals surface area contributed by atoms with Crippen LogP contribution in [0.15, 0.2) is 60.2 Å². The summed E-state index contributed by atoms with van der Waals surface area (Å²) in [6.07, 6.45) is -19.4. The molecule has 7 fully saturated rings. The van der Waals surface area contributed by atoms with E-state index in [1.165, 1.54) is 57.5 Å². The molecule has 7 N–H and O–H groups in total. The topological polar surface area (TPSA) is 356 Å². The SMILES string of the molecule is COc1ccc(C(=O)O[C@H]2[C@H](O[C@@H]3[C@@H](OC(C)=O)[C@H](O[C@H]4CC[C@@]5(C)C(=CC[C@@H]6[C@@H]5CC[C@@]5(C)[C@H]6C[C@H](O[C@@H]6OC[C@H](O)[C@H](O[C@@H]7OC[C@@H](O)[C@H](O)[C@H]7OC(=O)c7ccc(OC)cc7)[C@H]6OC(C)=O)[C@]5(O)[C@H](C)C(=O)CCC(C)C)C4)OC[C@@H]3O)OC[C@@H](O)[C@@H]2O)cc1. The van der Waals surface area contributed by atoms with Crippen molar-refractivity contribution in [2.75, 3.05) is 40.6 Å². The van der Waals surface area contributed by atoms with Crippen LogP contribution in [0.2, 0.25) is 0 Å². The standard InChI is InChI=1S/C67H92O26/c1-32(2)10-21-45(70)33(3)67(79)50(89-64-58(87-35(5)69)54(49(74)31-85-64)93-62-56(52(76)47(72)29-83-62)91-60(78)37-13-18-40(81-9)19-14-37)27-44-42-20-15-38-26-41(22-24-65(38,6)43(42)23-25-66(44,67)7)88-63-57(86-34(4)68)53(48(73)30-84-63)92-61-55(51(75)46(71)28-82-61)90-59(77)36-11-16-39(80-8)17-12-36/h11-19,32-33,41-44,46-58,61-64,71-76,79H,10,20-31H2,1-9H3/t33-,41+,42-,43+,44+,46-,47-,48+,49+,50+,51+,52+,53+,54+,55-,56-,57-,58-,61+,62+,63+,64+,65+,66+,67-/m1/s1. The molecule has 2 aromatic rings. The van der Waals surface area contributed by atoms with Gasteiger partial charge in [0.05, 0.1) is 64.0 Å². The summed E-state index contributed by atoms with van der Waals surface area (Å²) in [6, 6.07) is 12.0. The number of Topliss-reactive ketones (excluding diaryl/α,β-unsaturated/α-hetero) is 1. The summed E-state index contributed by atoms with van der Waals surface area (Å²) in [5, 5.41) is 80.6. The number of ether oxygens (including phenoxy) is 14. The van der Waals surface area contributed by atoms with Crippen molar-refractivity contribution in [1.29, 1.82) is 0 Å². The van der Waals surface area contributed by atoms with Gasteiger partial charge in [-0.2, -0.15) is 0 Å². The minimum Gasteiger partial charge on any atom is -0.497 e. The third kappa shape index (κ3) is 14.4. The van der Waals surface area contributed by atoms with Crippen LogP contribution in [0.4, 0.5) is 0 Å². The van der Waals surface area contributed by atoms with Gasteiger partial charge in [0.1, 0.15) is 71.7 Å². The van der Waals surface area contributed by atoms with Crippen LogP contribution in [0.1, 0.15) is 127 Å². The van der Waals surface area contributed by atoms with Crippen LogP contribution < -0.4 is 9.47 Å². The number of aliphatic hydroxyl groups is 7. The summed E-state index contributed by atoms with van der Waals surface area (Å²) in [4.78, 5) is 67.3. The lowest BCUT2D eigenvalue weighted by atomic mass is 9.46. The van der Waals surface area contributed by atoms with Gasteiger partial charge in [0.15, 0.2) is 49.6 Å². The molecule has 0 aromatic heterocycles. The summed E-state index contributed by atoms with van der Waals surface area (Å²) in [6.45, 7) is 10.7. The van der Waals surface area contributed by atoms with Gasteiger partial charge >= 0.3 is 23.9 Å². The Hall–Kier alpha value is -5.27. The molecule has 0 unspecified atom stereocenters. The maximum atomic E-state index is 14.5. The van der Waals surface area contributed by atoms with Crippen molar-refractivity contribution < 1.29 is 126 Å². The Kier molecular flexibility index (Phi) is 22.2. The van der Waals surface area contributed by atoms with Crippen LogP contribution >= 0.6 is 0 Å². The van der Waals surface area contributed by atoms with Crippen LogP contribution in [0.5, 0.6) is 11.5 Å². The molecule has 0 radical (unpaired) electrons. The number of rotatable bonds is 21. The molecule has 26 heteroatoms. The van der Waals surface area contributed by atoms with Gasteiger partial charge in [-0.1, -0.05) is 46.3 Å². The number of carbonyl (C=O) groups excluding carboxylic acids is 5. The molecule has 25 atom stereocenters. The Morgan fingerprint density at radius 2 is 1.03 bits per heavy atom. The third-order valence-electron chi connectivity index (χ3n) is 21.0. The fraction of sp³-hybridized carbons (Fsp3) is 0.716. The minimum absolute atomic E-state index is 0.0272. The summed E-state index contributed by atoms with van der Waals surface area (Å²) in [5.74, 6) is -3.47. The van der Waals surface area contributed by atoms with Crippen LogP contribution in [0.3, 0.4) is 0 Å². The van der Waals surface area contributed by atoms with E-state index >= 15 is 0 Å². The van der Waals surface area contributed by atoms with Crippen LogP contribution in [0.25, 0.3) is 0 Å². The Bertz CT molecular complexity index is 2960. The smallest absolute Gasteiger partial charge is 0.338 e. The second kappa shape index (κ2) is 29.2. The largest absolute Gasteiger partial charge is 0.497 e. The van der Waals surface area contributed by atoms with E-state index in [0.29, 0.717) is 56.4 Å². The van der Waals surface area contributed by atoms with Gasteiger partial charge in [0, 0.05) is 31.6 Å². The molecule has 10 rings (SSSR count). The third-order valence-corrected chi connectivity index (χ3v) is 21.0. The van der Waals surface area contributed by atoms with Gasteiger partial charge in [-0.25, -0.2) is 9.59 Å². The normalized spacial score (nSPS) is 40.2. The summed E-state index contributed by atoms with van der Waals surface area (Å²) in [7, 11) is 2.93. The predicted octanol–water partition coefficient (Wildman–Crippen LogP) is 3.39. The first-order chi connectivity index (χ1) is 44.2. The molecule has 4 saturated heterocycles. The summed E-state index contributed by atoms with van der Waals surface area (Å²) in [5.41, 5.74) is -1.79. The number of allylic oxidation sites excluding steroid dienone is 1. The average Bonchev–Trinajstić information content (AvgIpc) is 1.58. The fourth-order valence-electron chi connectivity index (χ4n) is 15.8. The van der Waals surface area contributed by atoms with E-state index in [9.17, 15) is 59.7 Å². The highest BCUT2D eigenvalue weighted by molar-refractivity contribution is 5.90. The minimum atomic E-state index is -1.82. The van der Waals surface area contributed by atoms with Crippen molar-refractivity contribution in [3.05, 3.63) is 71.3 Å². The maximum Gasteiger partial charge on any atom is 0.338 e. The fourth-order valence-corrected chi connectivity index (χ4v) is 15.8. The molecule has 4 aliphatic carbocycles. The number of hydrogen-bond donors (Lipinski definition) is 7. The van der Waals surface area contributed by atoms with Crippen molar-refractivity contribution in [2.45, 2.75) is 222 Å². The van der Waals surface area contributed by atoms with E-state index in [1.807, 2.05) is 20.8 Å². The molecule has 3 saturated carbocycles. The summed E-state index contributed by atoms with van der Waals surface area (Å²) < 4.78 is 83.7. The number of benzene rings is 2. The first-order valence-corrected chi connectivity index (χ1v) is 32.3. The number of ketones is 1. The Morgan fingerprint density at radius 3 is 1.49 bits per heavy atom. The van der Waals surface area contributed by atoms with Gasteiger partial charge < -0.3 is 102 Å². The van der Waals surface area contributed by atoms with Crippen molar-refractivity contribution in [1.82, 2.24) is 0 Å². The molecule has 4 heterocycles. The lowest BCUT2D eigenvalue weighted by Crippen LogP contribution is -2.64. The molecule has 516 valence electrons. The number of hydrogen-bond acceptors (Lipinski definition) is 26. The Morgan fingerprint density at radius 1 is 0.570 bits per heavy atom. The highest BCUT2D eigenvalue weighted by Crippen LogP contribution is 2.69. The van der Waals surface area contributed by atoms with E-state index in [-0.39, 0.29) is 65.4 Å². The molecule has 0 spiro atoms. The molecule has 0 bridgehead atoms. The molecule has 0 amide bonds. The van der Waals surface area contributed by atoms with Gasteiger partial charge in [-0.15, -0.1) is 0 Å². The van der Waals surface area contributed by atoms with Crippen molar-refractivity contribution in [3.63, 3.8) is 0 Å². The zero-order valence-corrected chi connectivity index (χ0v) is 54.1. The van der Waals surface area contributed by atoms with Gasteiger partial charge in [0.25, 0.3) is 0 Å². The number of aliphatic hydroxyl groups excluding tert-OH is 6. The second-order valence-electron chi connectivity index (χ2n) is 27.1. The van der Waals surface area contributed by atoms with Gasteiger partial charge in [-0.3, -0.25) is 14.4 Å². The van der Waals surface area contributed by atoms with E-state index < -0.39 is 171 Å². The lowest BCUT2D eigenvalue weighted by Gasteiger charge is -2.59. The molecule has 93 heavy (non-hydrogen) atoms. The first-order valence-electron chi connectivity index (χ1n) is 32.3. The molecule has 2 aromatic carbocycles. The molecule has 26 nitrogen and oxygen atoms in total. The zero-order valence-electron chi connectivity index (χ0n) is 54.1. The first kappa shape index (κ1) is 70.5. The number of fused-ring (bicyclic) bond motifs is 5. The van der Waals surface area contributed by atoms with E-state index in [0.717, 1.165) is 12.5 Å². The number of methoxy groups -OCH3 is 2. The van der Waals surface area contributed by atoms with Crippen molar-refractivity contribution in [3.8, 4) is 11.5 Å². The second-order valence-corrected chi connectivity index (χ2v) is 27.1. The highest BCUT2D eigenvalue weighted by atomic mass is 16.8. The van der Waals surface area contributed by atoms with Gasteiger partial charge in [0.2, 0.25) is 0 Å². The van der Waals surface area contributed by atoms with Crippen molar-refractivity contribution in [2.24, 2.45) is 40.4 Å². The molecular formula is C67H92O26. The monoisotopic (exact) mass is 1310 g/mol. The average molecular weight is 1310 g/mol.